The van der Waals surface area contributed by atoms with E-state index in [2.05, 4.69) is 4.74 Å². The normalized spacial score (nSPS) is 19.0. The van der Waals surface area contributed by atoms with Crippen LogP contribution in [0, 0.1) is 31.6 Å². The molecule has 2 amide bonds. The molecule has 2 aliphatic rings. The number of carbonyl (C=O) groups excluding carboxylic acids is 3. The monoisotopic (exact) mass is 444 g/mol. The highest BCUT2D eigenvalue weighted by molar-refractivity contribution is 6.32. The van der Waals surface area contributed by atoms with E-state index in [-0.39, 0.29) is 11.8 Å². The van der Waals surface area contributed by atoms with Crippen LogP contribution in [-0.2, 0) is 25.5 Å². The van der Waals surface area contributed by atoms with Gasteiger partial charge in [-0.05, 0) is 74.5 Å². The van der Waals surface area contributed by atoms with Gasteiger partial charge >= 0.3 is 11.9 Å². The van der Waals surface area contributed by atoms with Crippen molar-refractivity contribution in [2.24, 2.45) is 17.8 Å². The van der Waals surface area contributed by atoms with E-state index in [1.807, 2.05) is 37.8 Å². The lowest BCUT2D eigenvalue weighted by Gasteiger charge is -2.40. The molecular formula is C25H36N2O5. The second kappa shape index (κ2) is 10.4. The number of aromatic hydroxyl groups is 1. The van der Waals surface area contributed by atoms with E-state index < -0.39 is 11.9 Å². The zero-order valence-electron chi connectivity index (χ0n) is 19.7. The fourth-order valence-electron chi connectivity index (χ4n) is 5.30. The number of phenols is 1. The number of carbonyl (C=O) groups is 3. The van der Waals surface area contributed by atoms with E-state index in [1.165, 1.54) is 7.11 Å². The highest BCUT2D eigenvalue weighted by Crippen LogP contribution is 2.33. The number of methoxy groups -OCH3 is 1. The van der Waals surface area contributed by atoms with Gasteiger partial charge in [0.05, 0.1) is 7.11 Å². The molecule has 7 heteroatoms. The number of likely N-dealkylation sites (tertiary alicyclic amines) is 2. The van der Waals surface area contributed by atoms with Crippen LogP contribution in [0.4, 0.5) is 0 Å². The number of piperidine rings is 2. The average molecular weight is 445 g/mol. The quantitative estimate of drug-likeness (QED) is 0.570. The molecule has 0 aromatic heterocycles. The smallest absolute Gasteiger partial charge is 0.396 e. The molecule has 3 rings (SSSR count). The molecule has 2 fully saturated rings. The van der Waals surface area contributed by atoms with E-state index >= 15 is 0 Å². The SMILES string of the molecule is COC(=O)C(=O)N1CCC(C2CCN(C(=O)[C@H](C)Cc3cc(C)c(O)c(C)c3)CC2)CC1. The topological polar surface area (TPSA) is 87.2 Å². The Morgan fingerprint density at radius 2 is 1.44 bits per heavy atom. The summed E-state index contributed by atoms with van der Waals surface area (Å²) in [6, 6.07) is 3.94. The summed E-state index contributed by atoms with van der Waals surface area (Å²) in [5, 5.41) is 9.97. The minimum absolute atomic E-state index is 0.0949. The maximum atomic E-state index is 13.0. The summed E-state index contributed by atoms with van der Waals surface area (Å²) in [6.45, 7) is 8.52. The molecule has 0 aliphatic carbocycles. The molecule has 0 saturated carbocycles. The van der Waals surface area contributed by atoms with Crippen molar-refractivity contribution in [1.82, 2.24) is 9.80 Å². The maximum absolute atomic E-state index is 13.0. The van der Waals surface area contributed by atoms with Crippen LogP contribution < -0.4 is 0 Å². The van der Waals surface area contributed by atoms with Crippen LogP contribution in [0.3, 0.4) is 0 Å². The number of phenolic OH excluding ortho intramolecular Hbond substituents is 1. The van der Waals surface area contributed by atoms with Crippen LogP contribution in [0.25, 0.3) is 0 Å². The summed E-state index contributed by atoms with van der Waals surface area (Å²) >= 11 is 0. The summed E-state index contributed by atoms with van der Waals surface area (Å²) in [6.07, 6.45) is 4.46. The van der Waals surface area contributed by atoms with Crippen molar-refractivity contribution >= 4 is 17.8 Å². The fourth-order valence-corrected chi connectivity index (χ4v) is 5.30. The maximum Gasteiger partial charge on any atom is 0.396 e. The van der Waals surface area contributed by atoms with Crippen LogP contribution in [0.5, 0.6) is 5.75 Å². The van der Waals surface area contributed by atoms with Crippen LogP contribution in [0.1, 0.15) is 49.3 Å². The lowest BCUT2D eigenvalue weighted by atomic mass is 9.78. The highest BCUT2D eigenvalue weighted by Gasteiger charge is 2.34. The van der Waals surface area contributed by atoms with Gasteiger partial charge in [-0.2, -0.15) is 0 Å². The van der Waals surface area contributed by atoms with Crippen LogP contribution in [0.2, 0.25) is 0 Å². The molecule has 0 radical (unpaired) electrons. The Labute approximate surface area is 190 Å². The first-order chi connectivity index (χ1) is 15.2. The molecule has 2 heterocycles. The van der Waals surface area contributed by atoms with Crippen molar-refractivity contribution < 1.29 is 24.2 Å². The number of benzene rings is 1. The van der Waals surface area contributed by atoms with Crippen molar-refractivity contribution in [3.63, 3.8) is 0 Å². The van der Waals surface area contributed by atoms with Crippen LogP contribution in [0.15, 0.2) is 12.1 Å². The number of hydrogen-bond acceptors (Lipinski definition) is 5. The van der Waals surface area contributed by atoms with Gasteiger partial charge < -0.3 is 19.6 Å². The first-order valence-corrected chi connectivity index (χ1v) is 11.7. The summed E-state index contributed by atoms with van der Waals surface area (Å²) < 4.78 is 4.54. The molecule has 0 bridgehead atoms. The van der Waals surface area contributed by atoms with Crippen molar-refractivity contribution in [2.45, 2.75) is 52.9 Å². The molecule has 176 valence electrons. The minimum Gasteiger partial charge on any atom is -0.507 e. The Balaban J connectivity index is 1.47. The number of rotatable bonds is 4. The second-order valence-electron chi connectivity index (χ2n) is 9.47. The van der Waals surface area contributed by atoms with Gasteiger partial charge in [0.1, 0.15) is 5.75 Å². The van der Waals surface area contributed by atoms with Crippen molar-refractivity contribution in [1.29, 1.82) is 0 Å². The molecule has 7 nitrogen and oxygen atoms in total. The number of hydrogen-bond donors (Lipinski definition) is 1. The summed E-state index contributed by atoms with van der Waals surface area (Å²) in [5.41, 5.74) is 2.78. The van der Waals surface area contributed by atoms with Crippen molar-refractivity contribution in [3.05, 3.63) is 28.8 Å². The van der Waals surface area contributed by atoms with Gasteiger partial charge in [-0.25, -0.2) is 4.79 Å². The minimum atomic E-state index is -0.790. The number of nitrogens with zero attached hydrogens (tertiary/aromatic N) is 2. The van der Waals surface area contributed by atoms with Crippen LogP contribution >= 0.6 is 0 Å². The zero-order valence-corrected chi connectivity index (χ0v) is 19.7. The average Bonchev–Trinajstić information content (AvgIpc) is 2.81. The molecule has 32 heavy (non-hydrogen) atoms. The third kappa shape index (κ3) is 5.43. The lowest BCUT2D eigenvalue weighted by molar-refractivity contribution is -0.159. The van der Waals surface area contributed by atoms with Gasteiger partial charge in [-0.3, -0.25) is 9.59 Å². The van der Waals surface area contributed by atoms with E-state index in [4.69, 9.17) is 0 Å². The predicted octanol–water partition coefficient (Wildman–Crippen LogP) is 2.84. The van der Waals surface area contributed by atoms with E-state index in [0.717, 1.165) is 55.5 Å². The summed E-state index contributed by atoms with van der Waals surface area (Å²) in [4.78, 5) is 40.0. The number of amides is 2. The highest BCUT2D eigenvalue weighted by atomic mass is 16.5. The second-order valence-corrected chi connectivity index (χ2v) is 9.47. The predicted molar refractivity (Wildman–Crippen MR) is 121 cm³/mol. The fraction of sp³-hybridized carbons (Fsp3) is 0.640. The van der Waals surface area contributed by atoms with Gasteiger partial charge in [-0.15, -0.1) is 0 Å². The van der Waals surface area contributed by atoms with Crippen LogP contribution in [-0.4, -0.2) is 66.0 Å². The molecular weight excluding hydrogens is 408 g/mol. The first kappa shape index (κ1) is 24.1. The van der Waals surface area contributed by atoms with Crippen molar-refractivity contribution in [3.8, 4) is 5.75 Å². The Morgan fingerprint density at radius 3 is 1.91 bits per heavy atom. The number of aryl methyl sites for hydroxylation is 2. The first-order valence-electron chi connectivity index (χ1n) is 11.7. The molecule has 1 aromatic carbocycles. The third-order valence-electron chi connectivity index (χ3n) is 7.22. The molecule has 0 spiro atoms. The molecule has 1 atom stereocenters. The van der Waals surface area contributed by atoms with Crippen molar-refractivity contribution in [2.75, 3.05) is 33.3 Å². The van der Waals surface area contributed by atoms with E-state index in [0.29, 0.717) is 37.1 Å². The van der Waals surface area contributed by atoms with E-state index in [9.17, 15) is 19.5 Å². The summed E-state index contributed by atoms with van der Waals surface area (Å²) in [7, 11) is 1.23. The number of esters is 1. The molecule has 2 saturated heterocycles. The Hall–Kier alpha value is -2.57. The van der Waals surface area contributed by atoms with Gasteiger partial charge in [-0.1, -0.05) is 19.1 Å². The van der Waals surface area contributed by atoms with Gasteiger partial charge in [0.2, 0.25) is 5.91 Å². The standard InChI is InChI=1S/C25H36N2O5/c1-16-13-19(14-17(2)22(16)28)15-18(3)23(29)26-9-5-20(6-10-26)21-7-11-27(12-8-21)24(30)25(31)32-4/h13-14,18,20-21,28H,5-12,15H2,1-4H3/t18-/m1/s1. The number of ether oxygens (including phenoxy) is 1. The lowest BCUT2D eigenvalue weighted by Crippen LogP contribution is -2.46. The van der Waals surface area contributed by atoms with Gasteiger partial charge in [0.15, 0.2) is 0 Å². The molecule has 0 unspecified atom stereocenters. The Morgan fingerprint density at radius 1 is 0.969 bits per heavy atom. The Bertz CT molecular complexity index is 829. The zero-order chi connectivity index (χ0) is 23.4. The summed E-state index contributed by atoms with van der Waals surface area (Å²) in [5.74, 6) is 0.200. The van der Waals surface area contributed by atoms with Gasteiger partial charge in [0.25, 0.3) is 0 Å². The molecule has 1 aromatic rings. The Kier molecular flexibility index (Phi) is 7.80. The third-order valence-corrected chi connectivity index (χ3v) is 7.22. The molecule has 1 N–H and O–H groups in total. The van der Waals surface area contributed by atoms with E-state index in [1.54, 1.807) is 4.90 Å². The van der Waals surface area contributed by atoms with Gasteiger partial charge in [0, 0.05) is 32.1 Å². The molecule has 2 aliphatic heterocycles. The largest absolute Gasteiger partial charge is 0.507 e.